The van der Waals surface area contributed by atoms with Gasteiger partial charge in [-0.2, -0.15) is 17.0 Å². The third kappa shape index (κ3) is 4.49. The lowest BCUT2D eigenvalue weighted by Crippen LogP contribution is -2.45. The molecule has 1 heterocycles. The van der Waals surface area contributed by atoms with Crippen molar-refractivity contribution in [1.29, 1.82) is 5.26 Å². The van der Waals surface area contributed by atoms with Gasteiger partial charge in [0.1, 0.15) is 6.04 Å². The van der Waals surface area contributed by atoms with Crippen molar-refractivity contribution in [2.75, 3.05) is 12.8 Å². The lowest BCUT2D eigenvalue weighted by atomic mass is 10.1. The van der Waals surface area contributed by atoms with Gasteiger partial charge in [-0.25, -0.2) is 0 Å². The smallest absolute Gasteiger partial charge is 0.242 e. The molecule has 0 spiro atoms. The van der Waals surface area contributed by atoms with Gasteiger partial charge in [0.15, 0.2) is 0 Å². The molecule has 1 fully saturated rings. The summed E-state index contributed by atoms with van der Waals surface area (Å²) in [6.07, 6.45) is 2.95. The third-order valence-corrected chi connectivity index (χ3v) is 4.98. The van der Waals surface area contributed by atoms with Gasteiger partial charge >= 0.3 is 0 Å². The Labute approximate surface area is 141 Å². The summed E-state index contributed by atoms with van der Waals surface area (Å²) in [5.41, 5.74) is 1.43. The maximum absolute atomic E-state index is 12.4. The van der Waals surface area contributed by atoms with Crippen LogP contribution in [0.2, 0.25) is 0 Å². The molecule has 5 nitrogen and oxygen atoms in total. The summed E-state index contributed by atoms with van der Waals surface area (Å²) in [5.74, 6) is -0.0985. The van der Waals surface area contributed by atoms with Gasteiger partial charge in [-0.15, -0.1) is 0 Å². The predicted molar refractivity (Wildman–Crippen MR) is 90.7 cm³/mol. The summed E-state index contributed by atoms with van der Waals surface area (Å²) in [4.78, 5) is 26.1. The van der Waals surface area contributed by atoms with E-state index in [-0.39, 0.29) is 11.8 Å². The Morgan fingerprint density at radius 2 is 2.35 bits per heavy atom. The first kappa shape index (κ1) is 17.4. The summed E-state index contributed by atoms with van der Waals surface area (Å²) >= 11 is 1.69. The van der Waals surface area contributed by atoms with Crippen LogP contribution in [0.5, 0.6) is 0 Å². The molecule has 122 valence electrons. The number of likely N-dealkylation sites (tertiary alicyclic amines) is 1. The van der Waals surface area contributed by atoms with Gasteiger partial charge in [-0.05, 0) is 30.4 Å². The number of carbonyl (C=O) groups excluding carboxylic acids is 2. The van der Waals surface area contributed by atoms with Gasteiger partial charge in [-0.3, -0.25) is 9.59 Å². The molecule has 23 heavy (non-hydrogen) atoms. The maximum atomic E-state index is 12.4. The van der Waals surface area contributed by atoms with Crippen LogP contribution < -0.4 is 5.32 Å². The number of nitrogens with zero attached hydrogens (tertiary/aromatic N) is 2. The van der Waals surface area contributed by atoms with E-state index in [9.17, 15) is 9.59 Å². The van der Waals surface area contributed by atoms with Crippen LogP contribution in [-0.2, 0) is 16.1 Å². The molecule has 1 N–H and O–H groups in total. The van der Waals surface area contributed by atoms with Crippen LogP contribution in [0.1, 0.15) is 30.9 Å². The van der Waals surface area contributed by atoms with Crippen LogP contribution in [0.3, 0.4) is 0 Å². The van der Waals surface area contributed by atoms with Crippen LogP contribution in [-0.4, -0.2) is 40.8 Å². The Morgan fingerprint density at radius 3 is 3.04 bits per heavy atom. The average Bonchev–Trinajstić information content (AvgIpc) is 2.93. The second-order valence-corrected chi connectivity index (χ2v) is 6.96. The van der Waals surface area contributed by atoms with Crippen molar-refractivity contribution in [3.63, 3.8) is 0 Å². The zero-order valence-corrected chi connectivity index (χ0v) is 14.2. The van der Waals surface area contributed by atoms with Crippen molar-refractivity contribution in [3.05, 3.63) is 35.4 Å². The first-order chi connectivity index (χ1) is 11.0. The highest BCUT2D eigenvalue weighted by Crippen LogP contribution is 2.22. The minimum atomic E-state index is -0.415. The average molecular weight is 331 g/mol. The molecule has 6 heteroatoms. The van der Waals surface area contributed by atoms with E-state index in [0.717, 1.165) is 5.56 Å². The number of rotatable bonds is 6. The zero-order valence-electron chi connectivity index (χ0n) is 13.4. The molecular formula is C17H21N3O2S. The predicted octanol–water partition coefficient (Wildman–Crippen LogP) is 1.92. The SMILES string of the molecule is CS[C@H](C)CNC(=O)[C@H]1CCC(=O)N1Cc1cccc(C#N)c1. The van der Waals surface area contributed by atoms with E-state index in [4.69, 9.17) is 5.26 Å². The molecule has 1 saturated heterocycles. The van der Waals surface area contributed by atoms with Crippen LogP contribution in [0, 0.1) is 11.3 Å². The van der Waals surface area contributed by atoms with Gasteiger partial charge in [0.05, 0.1) is 11.6 Å². The van der Waals surface area contributed by atoms with Crippen molar-refractivity contribution >= 4 is 23.6 Å². The standard InChI is InChI=1S/C17H21N3O2S/c1-12(23-2)10-19-17(22)15-6-7-16(21)20(15)11-14-5-3-4-13(8-14)9-18/h3-5,8,12,15H,6-7,10-11H2,1-2H3,(H,19,22)/t12-,15-/m1/s1. The Hall–Kier alpha value is -2.00. The number of amides is 2. The lowest BCUT2D eigenvalue weighted by molar-refractivity contribution is -0.135. The summed E-state index contributed by atoms with van der Waals surface area (Å²) in [6, 6.07) is 8.83. The van der Waals surface area contributed by atoms with E-state index in [1.807, 2.05) is 12.3 Å². The number of nitrogens with one attached hydrogen (secondary N) is 1. The Balaban J connectivity index is 2.04. The number of thioether (sulfide) groups is 1. The molecule has 0 aromatic heterocycles. The Bertz CT molecular complexity index is 627. The van der Waals surface area contributed by atoms with E-state index in [1.54, 1.807) is 34.9 Å². The molecule has 1 aliphatic heterocycles. The largest absolute Gasteiger partial charge is 0.353 e. The summed E-state index contributed by atoms with van der Waals surface area (Å²) in [5, 5.41) is 12.2. The molecule has 2 rings (SSSR count). The minimum Gasteiger partial charge on any atom is -0.353 e. The minimum absolute atomic E-state index is 0.00887. The quantitative estimate of drug-likeness (QED) is 0.864. The highest BCUT2D eigenvalue weighted by atomic mass is 32.2. The Morgan fingerprint density at radius 1 is 1.57 bits per heavy atom. The number of hydrogen-bond acceptors (Lipinski definition) is 4. The first-order valence-corrected chi connectivity index (χ1v) is 8.93. The molecule has 0 saturated carbocycles. The monoisotopic (exact) mass is 331 g/mol. The lowest BCUT2D eigenvalue weighted by Gasteiger charge is -2.24. The molecule has 1 aliphatic rings. The molecule has 2 amide bonds. The molecule has 2 atom stereocenters. The van der Waals surface area contributed by atoms with E-state index in [2.05, 4.69) is 18.3 Å². The molecule has 1 aromatic rings. The fourth-order valence-corrected chi connectivity index (χ4v) is 2.84. The van der Waals surface area contributed by atoms with Gasteiger partial charge in [0.25, 0.3) is 0 Å². The second-order valence-electron chi connectivity index (χ2n) is 5.68. The molecular weight excluding hydrogens is 310 g/mol. The van der Waals surface area contributed by atoms with Gasteiger partial charge in [-0.1, -0.05) is 19.1 Å². The molecule has 0 unspecified atom stereocenters. The van der Waals surface area contributed by atoms with Gasteiger partial charge < -0.3 is 10.2 Å². The van der Waals surface area contributed by atoms with Gasteiger partial charge in [0, 0.05) is 24.8 Å². The second kappa shape index (κ2) is 8.02. The van der Waals surface area contributed by atoms with Crippen molar-refractivity contribution in [1.82, 2.24) is 10.2 Å². The normalized spacial score (nSPS) is 18.6. The molecule has 0 aliphatic carbocycles. The summed E-state index contributed by atoms with van der Waals surface area (Å²) in [6.45, 7) is 3.02. The van der Waals surface area contributed by atoms with Crippen LogP contribution >= 0.6 is 11.8 Å². The highest BCUT2D eigenvalue weighted by Gasteiger charge is 2.35. The van der Waals surface area contributed by atoms with E-state index in [1.165, 1.54) is 0 Å². The number of benzene rings is 1. The van der Waals surface area contributed by atoms with Crippen LogP contribution in [0.15, 0.2) is 24.3 Å². The van der Waals surface area contributed by atoms with Crippen LogP contribution in [0.25, 0.3) is 0 Å². The first-order valence-electron chi connectivity index (χ1n) is 7.64. The maximum Gasteiger partial charge on any atom is 0.242 e. The third-order valence-electron chi connectivity index (χ3n) is 4.01. The fourth-order valence-electron chi connectivity index (χ4n) is 2.59. The number of nitriles is 1. The topological polar surface area (TPSA) is 73.2 Å². The molecule has 1 aromatic carbocycles. The van der Waals surface area contributed by atoms with E-state index in [0.29, 0.717) is 36.7 Å². The van der Waals surface area contributed by atoms with Crippen LogP contribution in [0.4, 0.5) is 0 Å². The molecule has 0 radical (unpaired) electrons. The highest BCUT2D eigenvalue weighted by molar-refractivity contribution is 7.99. The number of carbonyl (C=O) groups is 2. The fraction of sp³-hybridized carbons (Fsp3) is 0.471. The molecule has 0 bridgehead atoms. The summed E-state index contributed by atoms with van der Waals surface area (Å²) in [7, 11) is 0. The zero-order chi connectivity index (χ0) is 16.8. The van der Waals surface area contributed by atoms with Crippen molar-refractivity contribution in [2.45, 2.75) is 37.6 Å². The summed E-state index contributed by atoms with van der Waals surface area (Å²) < 4.78 is 0. The number of hydrogen-bond donors (Lipinski definition) is 1. The van der Waals surface area contributed by atoms with Crippen molar-refractivity contribution in [2.24, 2.45) is 0 Å². The van der Waals surface area contributed by atoms with E-state index >= 15 is 0 Å². The van der Waals surface area contributed by atoms with E-state index < -0.39 is 6.04 Å². The Kier molecular flexibility index (Phi) is 6.05. The van der Waals surface area contributed by atoms with Crippen molar-refractivity contribution in [3.8, 4) is 6.07 Å². The van der Waals surface area contributed by atoms with Crippen molar-refractivity contribution < 1.29 is 9.59 Å². The van der Waals surface area contributed by atoms with Gasteiger partial charge in [0.2, 0.25) is 11.8 Å².